The van der Waals surface area contributed by atoms with Crippen molar-refractivity contribution in [3.05, 3.63) is 65.7 Å². The lowest BCUT2D eigenvalue weighted by Crippen LogP contribution is -2.43. The molecule has 25 heavy (non-hydrogen) atoms. The summed E-state index contributed by atoms with van der Waals surface area (Å²) in [6.45, 7) is 5.56. The minimum atomic E-state index is -0.235. The normalized spacial score (nSPS) is 20.8. The number of benzene rings is 2. The standard InChI is InChI=1S/C20H20FN3O/c1-13-3-8-18-17(9-13)20(23-12-22-18)24-10-14(2)25-19(11-24)15-4-6-16(21)7-5-15/h3-9,12,14,19H,10-11H2,1-2H3. The minimum Gasteiger partial charge on any atom is -0.367 e. The Morgan fingerprint density at radius 3 is 2.68 bits per heavy atom. The Balaban J connectivity index is 1.70. The van der Waals surface area contributed by atoms with Crippen molar-refractivity contribution in [1.82, 2.24) is 9.97 Å². The van der Waals surface area contributed by atoms with E-state index >= 15 is 0 Å². The van der Waals surface area contributed by atoms with Crippen molar-refractivity contribution < 1.29 is 9.13 Å². The molecule has 0 aliphatic carbocycles. The summed E-state index contributed by atoms with van der Waals surface area (Å²) in [4.78, 5) is 11.2. The van der Waals surface area contributed by atoms with Crippen molar-refractivity contribution in [2.24, 2.45) is 0 Å². The van der Waals surface area contributed by atoms with E-state index in [1.807, 2.05) is 6.07 Å². The van der Waals surface area contributed by atoms with Gasteiger partial charge >= 0.3 is 0 Å². The zero-order valence-corrected chi connectivity index (χ0v) is 14.3. The Morgan fingerprint density at radius 1 is 1.08 bits per heavy atom. The first-order chi connectivity index (χ1) is 12.1. The number of morpholine rings is 1. The Kier molecular flexibility index (Phi) is 4.09. The summed E-state index contributed by atoms with van der Waals surface area (Å²) in [5.41, 5.74) is 3.10. The van der Waals surface area contributed by atoms with E-state index in [1.165, 1.54) is 17.7 Å². The summed E-state index contributed by atoms with van der Waals surface area (Å²) < 4.78 is 19.3. The van der Waals surface area contributed by atoms with Gasteiger partial charge in [0.05, 0.1) is 11.6 Å². The molecule has 1 aromatic heterocycles. The molecule has 1 fully saturated rings. The van der Waals surface area contributed by atoms with Crippen molar-refractivity contribution in [1.29, 1.82) is 0 Å². The predicted molar refractivity (Wildman–Crippen MR) is 96.2 cm³/mol. The number of ether oxygens (including phenoxy) is 1. The number of aryl methyl sites for hydroxylation is 1. The number of halogens is 1. The first-order valence-electron chi connectivity index (χ1n) is 8.47. The third kappa shape index (κ3) is 3.20. The number of rotatable bonds is 2. The number of nitrogens with zero attached hydrogens (tertiary/aromatic N) is 3. The second-order valence-corrected chi connectivity index (χ2v) is 6.61. The van der Waals surface area contributed by atoms with E-state index in [-0.39, 0.29) is 18.0 Å². The van der Waals surface area contributed by atoms with Crippen LogP contribution in [0.1, 0.15) is 24.2 Å². The highest BCUT2D eigenvalue weighted by atomic mass is 19.1. The summed E-state index contributed by atoms with van der Waals surface area (Å²) in [6.07, 6.45) is 1.55. The first-order valence-corrected chi connectivity index (χ1v) is 8.47. The zero-order valence-electron chi connectivity index (χ0n) is 14.3. The Hall–Kier alpha value is -2.53. The molecule has 4 rings (SSSR count). The lowest BCUT2D eigenvalue weighted by molar-refractivity contribution is -0.0175. The van der Waals surface area contributed by atoms with E-state index in [2.05, 4.69) is 40.8 Å². The molecule has 0 N–H and O–H groups in total. The van der Waals surface area contributed by atoms with Crippen molar-refractivity contribution in [2.75, 3.05) is 18.0 Å². The Morgan fingerprint density at radius 2 is 1.88 bits per heavy atom. The summed E-state index contributed by atoms with van der Waals surface area (Å²) in [7, 11) is 0. The number of aromatic nitrogens is 2. The van der Waals surface area contributed by atoms with Gasteiger partial charge in [0.15, 0.2) is 0 Å². The largest absolute Gasteiger partial charge is 0.367 e. The maximum absolute atomic E-state index is 13.2. The summed E-state index contributed by atoms with van der Waals surface area (Å²) in [5.74, 6) is 0.692. The molecule has 5 heteroatoms. The second kappa shape index (κ2) is 6.41. The average molecular weight is 337 g/mol. The van der Waals surface area contributed by atoms with Crippen LogP contribution in [0.25, 0.3) is 10.9 Å². The van der Waals surface area contributed by atoms with Crippen LogP contribution in [-0.4, -0.2) is 29.2 Å². The fourth-order valence-corrected chi connectivity index (χ4v) is 3.39. The monoisotopic (exact) mass is 337 g/mol. The minimum absolute atomic E-state index is 0.0543. The zero-order chi connectivity index (χ0) is 17.4. The second-order valence-electron chi connectivity index (χ2n) is 6.61. The molecule has 1 saturated heterocycles. The molecule has 128 valence electrons. The lowest BCUT2D eigenvalue weighted by Gasteiger charge is -2.38. The van der Waals surface area contributed by atoms with Gasteiger partial charge in [0.2, 0.25) is 0 Å². The fourth-order valence-electron chi connectivity index (χ4n) is 3.39. The van der Waals surface area contributed by atoms with Crippen LogP contribution < -0.4 is 4.90 Å². The summed E-state index contributed by atoms with van der Waals surface area (Å²) >= 11 is 0. The third-order valence-corrected chi connectivity index (χ3v) is 4.57. The Bertz CT molecular complexity index is 897. The van der Waals surface area contributed by atoms with Gasteiger partial charge in [-0.3, -0.25) is 0 Å². The third-order valence-electron chi connectivity index (χ3n) is 4.57. The molecule has 4 nitrogen and oxygen atoms in total. The quantitative estimate of drug-likeness (QED) is 0.707. The maximum atomic E-state index is 13.2. The first kappa shape index (κ1) is 16.0. The van der Waals surface area contributed by atoms with Gasteiger partial charge in [-0.05, 0) is 43.7 Å². The van der Waals surface area contributed by atoms with E-state index in [0.29, 0.717) is 6.54 Å². The van der Waals surface area contributed by atoms with Crippen LogP contribution in [0.2, 0.25) is 0 Å². The topological polar surface area (TPSA) is 38.2 Å². The highest BCUT2D eigenvalue weighted by molar-refractivity contribution is 5.89. The van der Waals surface area contributed by atoms with Crippen LogP contribution in [0.15, 0.2) is 48.8 Å². The van der Waals surface area contributed by atoms with Crippen molar-refractivity contribution >= 4 is 16.7 Å². The van der Waals surface area contributed by atoms with Gasteiger partial charge in [-0.25, -0.2) is 14.4 Å². The van der Waals surface area contributed by atoms with Crippen LogP contribution in [0, 0.1) is 12.7 Å². The molecule has 0 bridgehead atoms. The molecule has 0 radical (unpaired) electrons. The van der Waals surface area contributed by atoms with Gasteiger partial charge in [0.1, 0.15) is 24.1 Å². The molecule has 3 aromatic rings. The van der Waals surface area contributed by atoms with Crippen LogP contribution in [0.4, 0.5) is 10.2 Å². The van der Waals surface area contributed by atoms with Crippen molar-refractivity contribution in [3.8, 4) is 0 Å². The van der Waals surface area contributed by atoms with Gasteiger partial charge in [-0.2, -0.15) is 0 Å². The highest BCUT2D eigenvalue weighted by Crippen LogP contribution is 2.31. The summed E-state index contributed by atoms with van der Waals surface area (Å²) in [5, 5.41) is 1.05. The molecule has 1 aliphatic rings. The van der Waals surface area contributed by atoms with Gasteiger partial charge in [-0.1, -0.05) is 23.8 Å². The van der Waals surface area contributed by atoms with Crippen LogP contribution in [0.5, 0.6) is 0 Å². The molecule has 2 heterocycles. The number of hydrogen-bond acceptors (Lipinski definition) is 4. The van der Waals surface area contributed by atoms with Crippen molar-refractivity contribution in [2.45, 2.75) is 26.1 Å². The van der Waals surface area contributed by atoms with E-state index in [4.69, 9.17) is 4.74 Å². The average Bonchev–Trinajstić information content (AvgIpc) is 2.61. The molecule has 0 saturated carbocycles. The smallest absolute Gasteiger partial charge is 0.140 e. The van der Waals surface area contributed by atoms with E-state index in [9.17, 15) is 4.39 Å². The molecule has 2 aromatic carbocycles. The predicted octanol–water partition coefficient (Wildman–Crippen LogP) is 4.04. The van der Waals surface area contributed by atoms with Crippen molar-refractivity contribution in [3.63, 3.8) is 0 Å². The SMILES string of the molecule is Cc1ccc2ncnc(N3CC(C)OC(c4ccc(F)cc4)C3)c2c1. The van der Waals surface area contributed by atoms with Crippen LogP contribution in [0.3, 0.4) is 0 Å². The van der Waals surface area contributed by atoms with E-state index in [1.54, 1.807) is 18.5 Å². The van der Waals surface area contributed by atoms with E-state index in [0.717, 1.165) is 28.8 Å². The maximum Gasteiger partial charge on any atom is 0.140 e. The Labute approximate surface area is 146 Å². The lowest BCUT2D eigenvalue weighted by atomic mass is 10.1. The molecule has 1 aliphatic heterocycles. The van der Waals surface area contributed by atoms with Gasteiger partial charge < -0.3 is 9.64 Å². The molecular formula is C20H20FN3O. The molecule has 0 spiro atoms. The molecular weight excluding hydrogens is 317 g/mol. The van der Waals surface area contributed by atoms with Gasteiger partial charge in [0, 0.05) is 18.5 Å². The van der Waals surface area contributed by atoms with E-state index < -0.39 is 0 Å². The molecule has 2 unspecified atom stereocenters. The summed E-state index contributed by atoms with van der Waals surface area (Å²) in [6, 6.07) is 12.7. The number of anilines is 1. The van der Waals surface area contributed by atoms with Crippen LogP contribution in [-0.2, 0) is 4.74 Å². The highest BCUT2D eigenvalue weighted by Gasteiger charge is 2.28. The number of hydrogen-bond donors (Lipinski definition) is 0. The molecule has 2 atom stereocenters. The van der Waals surface area contributed by atoms with Gasteiger partial charge in [-0.15, -0.1) is 0 Å². The molecule has 0 amide bonds. The fraction of sp³-hybridized carbons (Fsp3) is 0.300. The van der Waals surface area contributed by atoms with Crippen LogP contribution >= 0.6 is 0 Å². The number of fused-ring (bicyclic) bond motifs is 1. The van der Waals surface area contributed by atoms with Gasteiger partial charge in [0.25, 0.3) is 0 Å².